The summed E-state index contributed by atoms with van der Waals surface area (Å²) in [6, 6.07) is 16.9. The van der Waals surface area contributed by atoms with Gasteiger partial charge in [-0.25, -0.2) is 9.97 Å². The fourth-order valence-electron chi connectivity index (χ4n) is 3.14. The second-order valence-electron chi connectivity index (χ2n) is 6.93. The Kier molecular flexibility index (Phi) is 6.76. The predicted molar refractivity (Wildman–Crippen MR) is 127 cm³/mol. The lowest BCUT2D eigenvalue weighted by molar-refractivity contribution is -0.116. The van der Waals surface area contributed by atoms with E-state index >= 15 is 0 Å². The Balaban J connectivity index is 1.53. The van der Waals surface area contributed by atoms with Crippen molar-refractivity contribution in [2.75, 3.05) is 41.9 Å². The van der Waals surface area contributed by atoms with Gasteiger partial charge in [0, 0.05) is 24.4 Å². The first-order valence-corrected chi connectivity index (χ1v) is 11.0. The van der Waals surface area contributed by atoms with E-state index in [1.807, 2.05) is 60.7 Å². The largest absolute Gasteiger partial charge is 0.486 e. The number of thioether (sulfide) groups is 1. The summed E-state index contributed by atoms with van der Waals surface area (Å²) in [4.78, 5) is 23.1. The van der Waals surface area contributed by atoms with E-state index in [1.165, 1.54) is 17.8 Å². The van der Waals surface area contributed by atoms with Crippen molar-refractivity contribution in [3.63, 3.8) is 0 Å². The van der Waals surface area contributed by atoms with Crippen LogP contribution in [0.15, 0.2) is 65.8 Å². The zero-order chi connectivity index (χ0) is 22.3. The molecule has 32 heavy (non-hydrogen) atoms. The zero-order valence-electron chi connectivity index (χ0n) is 17.3. The first-order valence-electron chi connectivity index (χ1n) is 10.0. The second kappa shape index (κ2) is 10.1. The van der Waals surface area contributed by atoms with E-state index in [9.17, 15) is 4.79 Å². The molecular formula is C23H23N5O3S. The summed E-state index contributed by atoms with van der Waals surface area (Å²) in [7, 11) is 0. The maximum atomic E-state index is 13.2. The van der Waals surface area contributed by atoms with Crippen molar-refractivity contribution >= 4 is 41.1 Å². The van der Waals surface area contributed by atoms with E-state index in [0.717, 1.165) is 5.56 Å². The Morgan fingerprint density at radius 1 is 1.00 bits per heavy atom. The minimum Gasteiger partial charge on any atom is -0.486 e. The molecule has 164 valence electrons. The average molecular weight is 450 g/mol. The summed E-state index contributed by atoms with van der Waals surface area (Å²) in [6.07, 6.45) is 3.93. The van der Waals surface area contributed by atoms with Crippen LogP contribution in [0.4, 0.5) is 17.3 Å². The maximum Gasteiger partial charge on any atom is 0.237 e. The van der Waals surface area contributed by atoms with Crippen LogP contribution < -0.4 is 25.8 Å². The highest BCUT2D eigenvalue weighted by Crippen LogP contribution is 2.34. The molecule has 0 bridgehead atoms. The number of hydrogen-bond acceptors (Lipinski definition) is 8. The molecule has 1 aromatic heterocycles. The number of nitrogens with two attached hydrogens (primary N) is 2. The highest BCUT2D eigenvalue weighted by molar-refractivity contribution is 7.99. The Morgan fingerprint density at radius 3 is 2.47 bits per heavy atom. The number of fused-ring (bicyclic) bond motifs is 1. The molecule has 2 heterocycles. The first-order chi connectivity index (χ1) is 15.6. The number of carbonyl (C=O) groups is 1. The van der Waals surface area contributed by atoms with Gasteiger partial charge in [-0.05, 0) is 17.7 Å². The van der Waals surface area contributed by atoms with E-state index in [4.69, 9.17) is 20.9 Å². The predicted octanol–water partition coefficient (Wildman–Crippen LogP) is 3.25. The number of nitrogens with zero attached hydrogens (tertiary/aromatic N) is 3. The van der Waals surface area contributed by atoms with Crippen LogP contribution in [0.2, 0.25) is 0 Å². The summed E-state index contributed by atoms with van der Waals surface area (Å²) in [5.74, 6) is 1.83. The molecule has 8 nitrogen and oxygen atoms in total. The van der Waals surface area contributed by atoms with Gasteiger partial charge in [0.2, 0.25) is 5.91 Å². The normalized spacial score (nSPS) is 12.6. The third-order valence-electron chi connectivity index (χ3n) is 4.61. The van der Waals surface area contributed by atoms with Crippen molar-refractivity contribution < 1.29 is 14.3 Å². The van der Waals surface area contributed by atoms with E-state index in [-0.39, 0.29) is 23.3 Å². The third-order valence-corrected chi connectivity index (χ3v) is 5.44. The number of hydrogen-bond donors (Lipinski definition) is 2. The topological polar surface area (TPSA) is 117 Å². The summed E-state index contributed by atoms with van der Waals surface area (Å²) in [5, 5.41) is 0.359. The van der Waals surface area contributed by atoms with Crippen LogP contribution in [-0.2, 0) is 4.79 Å². The van der Waals surface area contributed by atoms with Crippen molar-refractivity contribution in [3.05, 3.63) is 66.2 Å². The minimum absolute atomic E-state index is 0.117. The van der Waals surface area contributed by atoms with Gasteiger partial charge in [-0.3, -0.25) is 4.79 Å². The summed E-state index contributed by atoms with van der Waals surface area (Å²) in [6.45, 7) is 1.37. The number of benzene rings is 2. The number of aromatic nitrogens is 2. The second-order valence-corrected chi connectivity index (χ2v) is 7.88. The van der Waals surface area contributed by atoms with Crippen LogP contribution >= 0.6 is 11.8 Å². The molecule has 0 radical (unpaired) electrons. The van der Waals surface area contributed by atoms with Crippen LogP contribution in [-0.4, -0.2) is 41.4 Å². The number of anilines is 3. The highest BCUT2D eigenvalue weighted by atomic mass is 32.2. The molecule has 0 fully saturated rings. The Labute approximate surface area is 190 Å². The SMILES string of the molecule is Nc1cc(N)nc(SCC(=O)N(CC=Cc2ccccc2)c2ccc3c(c2)OCCO3)n1. The van der Waals surface area contributed by atoms with Gasteiger partial charge in [0.1, 0.15) is 24.8 Å². The Bertz CT molecular complexity index is 1100. The molecule has 0 unspecified atom stereocenters. The highest BCUT2D eigenvalue weighted by Gasteiger charge is 2.19. The zero-order valence-corrected chi connectivity index (χ0v) is 18.1. The van der Waals surface area contributed by atoms with Crippen molar-refractivity contribution in [3.8, 4) is 11.5 Å². The molecule has 4 rings (SSSR count). The lowest BCUT2D eigenvalue weighted by Gasteiger charge is -2.24. The third kappa shape index (κ3) is 5.50. The molecule has 3 aromatic rings. The maximum absolute atomic E-state index is 13.2. The number of carbonyl (C=O) groups excluding carboxylic acids is 1. The van der Waals surface area contributed by atoms with E-state index < -0.39 is 0 Å². The van der Waals surface area contributed by atoms with Gasteiger partial charge in [0.25, 0.3) is 0 Å². The number of ether oxygens (including phenoxy) is 2. The fourth-order valence-corrected chi connectivity index (χ4v) is 3.89. The van der Waals surface area contributed by atoms with Crippen molar-refractivity contribution in [1.82, 2.24) is 9.97 Å². The smallest absolute Gasteiger partial charge is 0.237 e. The van der Waals surface area contributed by atoms with Crippen LogP contribution in [0.5, 0.6) is 11.5 Å². The number of nitrogen functional groups attached to an aromatic ring is 2. The van der Waals surface area contributed by atoms with Crippen molar-refractivity contribution in [1.29, 1.82) is 0 Å². The molecule has 4 N–H and O–H groups in total. The fraction of sp³-hybridized carbons (Fsp3) is 0.174. The van der Waals surface area contributed by atoms with E-state index in [0.29, 0.717) is 42.1 Å². The summed E-state index contributed by atoms with van der Waals surface area (Å²) in [5.41, 5.74) is 13.2. The summed E-state index contributed by atoms with van der Waals surface area (Å²) >= 11 is 1.19. The standard InChI is InChI=1S/C23H23N5O3S/c24-20-14-21(25)27-23(26-20)32-15-22(29)28(10-4-7-16-5-2-1-3-6-16)17-8-9-18-19(13-17)31-12-11-30-18/h1-9,13-14H,10-12,15H2,(H4,24,25,26,27). The van der Waals surface area contributed by atoms with Gasteiger partial charge >= 0.3 is 0 Å². The molecular weight excluding hydrogens is 426 g/mol. The summed E-state index contributed by atoms with van der Waals surface area (Å²) < 4.78 is 11.3. The average Bonchev–Trinajstić information content (AvgIpc) is 2.80. The molecule has 0 aliphatic carbocycles. The number of rotatable bonds is 7. The molecule has 2 aromatic carbocycles. The molecule has 0 saturated heterocycles. The van der Waals surface area contributed by atoms with Gasteiger partial charge in [0.15, 0.2) is 16.7 Å². The molecule has 0 spiro atoms. The quantitative estimate of drug-likeness (QED) is 0.417. The molecule has 9 heteroatoms. The monoisotopic (exact) mass is 449 g/mol. The molecule has 1 aliphatic heterocycles. The van der Waals surface area contributed by atoms with Crippen LogP contribution in [0.25, 0.3) is 6.08 Å². The van der Waals surface area contributed by atoms with Crippen LogP contribution in [0.1, 0.15) is 5.56 Å². The van der Waals surface area contributed by atoms with Gasteiger partial charge in [-0.1, -0.05) is 54.2 Å². The van der Waals surface area contributed by atoms with E-state index in [2.05, 4.69) is 9.97 Å². The lowest BCUT2D eigenvalue weighted by atomic mass is 10.2. The first kappa shape index (κ1) is 21.5. The van der Waals surface area contributed by atoms with Crippen molar-refractivity contribution in [2.45, 2.75) is 5.16 Å². The van der Waals surface area contributed by atoms with Gasteiger partial charge < -0.3 is 25.8 Å². The molecule has 0 atom stereocenters. The molecule has 1 aliphatic rings. The van der Waals surface area contributed by atoms with Crippen molar-refractivity contribution in [2.24, 2.45) is 0 Å². The minimum atomic E-state index is -0.117. The lowest BCUT2D eigenvalue weighted by Crippen LogP contribution is -2.32. The molecule has 1 amide bonds. The van der Waals surface area contributed by atoms with Crippen LogP contribution in [0.3, 0.4) is 0 Å². The Hall–Kier alpha value is -3.72. The Morgan fingerprint density at radius 2 is 1.72 bits per heavy atom. The van der Waals surface area contributed by atoms with E-state index in [1.54, 1.807) is 4.90 Å². The van der Waals surface area contributed by atoms with Crippen LogP contribution in [0, 0.1) is 0 Å². The van der Waals surface area contributed by atoms with Gasteiger partial charge in [-0.15, -0.1) is 0 Å². The van der Waals surface area contributed by atoms with Gasteiger partial charge in [0.05, 0.1) is 5.75 Å². The van der Waals surface area contributed by atoms with Gasteiger partial charge in [-0.2, -0.15) is 0 Å². The number of amides is 1. The molecule has 0 saturated carbocycles.